The molecule has 3 heteroatoms. The van der Waals surface area contributed by atoms with Crippen molar-refractivity contribution in [1.82, 2.24) is 4.90 Å². The molecule has 114 valence electrons. The van der Waals surface area contributed by atoms with Crippen molar-refractivity contribution in [3.63, 3.8) is 0 Å². The number of nitrogens with zero attached hydrogens (tertiary/aromatic N) is 1. The average molecular weight is 350 g/mol. The van der Waals surface area contributed by atoms with Crippen molar-refractivity contribution in [2.45, 2.75) is 57.9 Å². The summed E-state index contributed by atoms with van der Waals surface area (Å²) < 4.78 is 0.962. The topological polar surface area (TPSA) is 20.3 Å². The van der Waals surface area contributed by atoms with Crippen LogP contribution in [-0.2, 0) is 0 Å². The van der Waals surface area contributed by atoms with E-state index in [9.17, 15) is 4.79 Å². The second-order valence-corrected chi connectivity index (χ2v) is 7.42. The van der Waals surface area contributed by atoms with Crippen LogP contribution in [-0.4, -0.2) is 23.4 Å². The van der Waals surface area contributed by atoms with Gasteiger partial charge in [0.25, 0.3) is 5.91 Å². The standard InChI is InChI=1S/C18H24BrNO/c1-13-6-5-9-16(17(13)19)18(21)20(15-10-11-15)12-14-7-3-2-4-8-14/h5-6,9,14-15H,2-4,7-8,10-12H2,1H3. The SMILES string of the molecule is Cc1cccc(C(=O)N(CC2CCCCC2)C2CC2)c1Br. The van der Waals surface area contributed by atoms with Gasteiger partial charge in [0.2, 0.25) is 0 Å². The Morgan fingerprint density at radius 3 is 2.57 bits per heavy atom. The molecular weight excluding hydrogens is 326 g/mol. The molecule has 0 saturated heterocycles. The van der Waals surface area contributed by atoms with E-state index in [1.165, 1.54) is 44.9 Å². The van der Waals surface area contributed by atoms with E-state index < -0.39 is 0 Å². The van der Waals surface area contributed by atoms with Crippen LogP contribution in [0.1, 0.15) is 60.9 Å². The molecule has 0 N–H and O–H groups in total. The second kappa shape index (κ2) is 6.51. The lowest BCUT2D eigenvalue weighted by atomic mass is 9.88. The van der Waals surface area contributed by atoms with Crippen molar-refractivity contribution >= 4 is 21.8 Å². The zero-order valence-corrected chi connectivity index (χ0v) is 14.4. The highest BCUT2D eigenvalue weighted by molar-refractivity contribution is 9.10. The smallest absolute Gasteiger partial charge is 0.255 e. The summed E-state index contributed by atoms with van der Waals surface area (Å²) in [5.74, 6) is 0.936. The summed E-state index contributed by atoms with van der Waals surface area (Å²) in [6.45, 7) is 3.01. The number of carbonyl (C=O) groups excluding carboxylic acids is 1. The molecule has 0 bridgehead atoms. The van der Waals surface area contributed by atoms with E-state index in [2.05, 4.69) is 20.8 Å². The molecule has 0 spiro atoms. The molecule has 0 atom stereocenters. The monoisotopic (exact) mass is 349 g/mol. The average Bonchev–Trinajstić information content (AvgIpc) is 3.33. The predicted octanol–water partition coefficient (Wildman–Crippen LogP) is 4.94. The van der Waals surface area contributed by atoms with E-state index in [1.807, 2.05) is 25.1 Å². The maximum absolute atomic E-state index is 13.0. The molecule has 2 aliphatic rings. The summed E-state index contributed by atoms with van der Waals surface area (Å²) in [6, 6.07) is 6.48. The van der Waals surface area contributed by atoms with Gasteiger partial charge in [-0.15, -0.1) is 0 Å². The molecule has 21 heavy (non-hydrogen) atoms. The second-order valence-electron chi connectivity index (χ2n) is 6.63. The number of aryl methyl sites for hydroxylation is 1. The zero-order valence-electron chi connectivity index (χ0n) is 12.8. The van der Waals surface area contributed by atoms with Crippen LogP contribution in [0.15, 0.2) is 22.7 Å². The Bertz CT molecular complexity index is 518. The molecular formula is C18H24BrNO. The fourth-order valence-electron chi connectivity index (χ4n) is 3.40. The van der Waals surface area contributed by atoms with Crippen LogP contribution >= 0.6 is 15.9 Å². The van der Waals surface area contributed by atoms with Crippen molar-refractivity contribution in [2.24, 2.45) is 5.92 Å². The van der Waals surface area contributed by atoms with Crippen molar-refractivity contribution in [3.8, 4) is 0 Å². The lowest BCUT2D eigenvalue weighted by Crippen LogP contribution is -2.38. The highest BCUT2D eigenvalue weighted by Gasteiger charge is 2.35. The summed E-state index contributed by atoms with van der Waals surface area (Å²) in [4.78, 5) is 15.1. The molecule has 0 aromatic heterocycles. The number of hydrogen-bond acceptors (Lipinski definition) is 1. The molecule has 0 heterocycles. The minimum Gasteiger partial charge on any atom is -0.335 e. The summed E-state index contributed by atoms with van der Waals surface area (Å²) in [7, 11) is 0. The largest absolute Gasteiger partial charge is 0.335 e. The Morgan fingerprint density at radius 1 is 1.19 bits per heavy atom. The third-order valence-corrected chi connectivity index (χ3v) is 5.90. The highest BCUT2D eigenvalue weighted by atomic mass is 79.9. The molecule has 0 radical (unpaired) electrons. The first-order valence-corrected chi connectivity index (χ1v) is 9.02. The zero-order chi connectivity index (χ0) is 14.8. The van der Waals surface area contributed by atoms with E-state index in [-0.39, 0.29) is 5.91 Å². The normalized spacial score (nSPS) is 19.5. The lowest BCUT2D eigenvalue weighted by molar-refractivity contribution is 0.0698. The predicted molar refractivity (Wildman–Crippen MR) is 89.5 cm³/mol. The number of hydrogen-bond donors (Lipinski definition) is 0. The Morgan fingerprint density at radius 2 is 1.90 bits per heavy atom. The quantitative estimate of drug-likeness (QED) is 0.753. The molecule has 2 saturated carbocycles. The Hall–Kier alpha value is -0.830. The lowest BCUT2D eigenvalue weighted by Gasteiger charge is -2.30. The maximum Gasteiger partial charge on any atom is 0.255 e. The van der Waals surface area contributed by atoms with Gasteiger partial charge in [0.05, 0.1) is 5.56 Å². The van der Waals surface area contributed by atoms with Crippen LogP contribution < -0.4 is 0 Å². The van der Waals surface area contributed by atoms with Gasteiger partial charge in [-0.3, -0.25) is 4.79 Å². The molecule has 2 fully saturated rings. The number of halogens is 1. The van der Waals surface area contributed by atoms with Crippen LogP contribution in [0.2, 0.25) is 0 Å². The van der Waals surface area contributed by atoms with Gasteiger partial charge in [-0.2, -0.15) is 0 Å². The Labute approximate surface area is 136 Å². The van der Waals surface area contributed by atoms with Crippen LogP contribution in [0.4, 0.5) is 0 Å². The van der Waals surface area contributed by atoms with E-state index in [0.29, 0.717) is 12.0 Å². The van der Waals surface area contributed by atoms with Crippen molar-refractivity contribution in [3.05, 3.63) is 33.8 Å². The first-order valence-electron chi connectivity index (χ1n) is 8.23. The summed E-state index contributed by atoms with van der Waals surface area (Å²) in [5, 5.41) is 0. The van der Waals surface area contributed by atoms with E-state index >= 15 is 0 Å². The summed E-state index contributed by atoms with van der Waals surface area (Å²) in [5.41, 5.74) is 1.96. The fraction of sp³-hybridized carbons (Fsp3) is 0.611. The Balaban J connectivity index is 1.76. The van der Waals surface area contributed by atoms with Gasteiger partial charge in [0.15, 0.2) is 0 Å². The van der Waals surface area contributed by atoms with Gasteiger partial charge >= 0.3 is 0 Å². The minimum atomic E-state index is 0.221. The van der Waals surface area contributed by atoms with Crippen molar-refractivity contribution in [2.75, 3.05) is 6.54 Å². The molecule has 1 aromatic carbocycles. The molecule has 0 aliphatic heterocycles. The van der Waals surface area contributed by atoms with Crippen molar-refractivity contribution in [1.29, 1.82) is 0 Å². The van der Waals surface area contributed by atoms with E-state index in [0.717, 1.165) is 22.1 Å². The third-order valence-electron chi connectivity index (χ3n) is 4.85. The van der Waals surface area contributed by atoms with Gasteiger partial charge in [-0.05, 0) is 66.1 Å². The number of carbonyl (C=O) groups is 1. The van der Waals surface area contributed by atoms with E-state index in [1.54, 1.807) is 0 Å². The van der Waals surface area contributed by atoms with E-state index in [4.69, 9.17) is 0 Å². The first-order chi connectivity index (χ1) is 10.2. The molecule has 0 unspecified atom stereocenters. The number of amides is 1. The van der Waals surface area contributed by atoms with Crippen LogP contribution in [0.5, 0.6) is 0 Å². The summed E-state index contributed by atoms with van der Waals surface area (Å²) >= 11 is 3.60. The van der Waals surface area contributed by atoms with Gasteiger partial charge in [0.1, 0.15) is 0 Å². The van der Waals surface area contributed by atoms with Crippen molar-refractivity contribution < 1.29 is 4.79 Å². The third kappa shape index (κ3) is 3.50. The van der Waals surface area contributed by atoms with Gasteiger partial charge in [-0.25, -0.2) is 0 Å². The van der Waals surface area contributed by atoms with Gasteiger partial charge in [-0.1, -0.05) is 31.4 Å². The van der Waals surface area contributed by atoms with Crippen LogP contribution in [0.25, 0.3) is 0 Å². The van der Waals surface area contributed by atoms with Gasteiger partial charge in [0, 0.05) is 17.1 Å². The maximum atomic E-state index is 13.0. The minimum absolute atomic E-state index is 0.221. The molecule has 2 aliphatic carbocycles. The molecule has 3 rings (SSSR count). The molecule has 2 nitrogen and oxygen atoms in total. The Kier molecular flexibility index (Phi) is 4.68. The fourth-order valence-corrected chi connectivity index (χ4v) is 3.83. The van der Waals surface area contributed by atoms with Crippen LogP contribution in [0, 0.1) is 12.8 Å². The van der Waals surface area contributed by atoms with Crippen LogP contribution in [0.3, 0.4) is 0 Å². The molecule has 1 aromatic rings. The van der Waals surface area contributed by atoms with Gasteiger partial charge < -0.3 is 4.90 Å². The summed E-state index contributed by atoms with van der Waals surface area (Å²) in [6.07, 6.45) is 9.01. The number of benzene rings is 1. The molecule has 1 amide bonds. The number of rotatable bonds is 4. The first kappa shape index (κ1) is 15.1. The highest BCUT2D eigenvalue weighted by Crippen LogP contribution is 2.33.